The van der Waals surface area contributed by atoms with Crippen LogP contribution in [0.4, 0.5) is 0 Å². The fraction of sp³-hybridized carbons (Fsp3) is 0.733. The van der Waals surface area contributed by atoms with Crippen molar-refractivity contribution in [3.8, 4) is 0 Å². The molecule has 0 aromatic carbocycles. The molecule has 1 aromatic heterocycles. The smallest absolute Gasteiger partial charge is 0.226 e. The number of aryl methyl sites for hydroxylation is 1. The molecule has 2 rings (SSSR count). The Morgan fingerprint density at radius 2 is 2.09 bits per heavy atom. The number of nitrogens with zero attached hydrogens (tertiary/aromatic N) is 1. The number of thiazole rings is 1. The summed E-state index contributed by atoms with van der Waals surface area (Å²) < 4.78 is 0. The number of hydrogen-bond donors (Lipinski definition) is 2. The molecule has 0 aliphatic heterocycles. The summed E-state index contributed by atoms with van der Waals surface area (Å²) in [7, 11) is 0. The third kappa shape index (κ3) is 6.41. The highest BCUT2D eigenvalue weighted by Crippen LogP contribution is 2.26. The summed E-state index contributed by atoms with van der Waals surface area (Å²) in [5.74, 6) is 0.610. The van der Waals surface area contributed by atoms with Crippen LogP contribution in [0.2, 0.25) is 0 Å². The number of halogens is 2. The number of nitrogens with one attached hydrogen (secondary N) is 1. The molecule has 7 heteroatoms. The lowest BCUT2D eigenvalue weighted by atomic mass is 9.84. The van der Waals surface area contributed by atoms with Crippen molar-refractivity contribution in [1.29, 1.82) is 0 Å². The average molecular weight is 368 g/mol. The predicted octanol–water partition coefficient (Wildman–Crippen LogP) is 3.12. The minimum absolute atomic E-state index is 0. The van der Waals surface area contributed by atoms with Crippen LogP contribution >= 0.6 is 36.2 Å². The molecule has 0 saturated heterocycles. The molecule has 1 atom stereocenters. The van der Waals surface area contributed by atoms with Crippen LogP contribution in [0.15, 0.2) is 5.38 Å². The van der Waals surface area contributed by atoms with Crippen LogP contribution in [0, 0.1) is 5.92 Å². The third-order valence-corrected chi connectivity index (χ3v) is 5.10. The van der Waals surface area contributed by atoms with Gasteiger partial charge >= 0.3 is 0 Å². The van der Waals surface area contributed by atoms with Crippen molar-refractivity contribution in [1.82, 2.24) is 10.3 Å². The standard InChI is InChI=1S/C15H25N3OS.2ClH/c1-2-15-17-12(10-20-15)8-14(19)18-13(9-16)11-6-4-3-5-7-11;;/h10-11,13H,2-9,16H2,1H3,(H,18,19);2*1H. The molecule has 1 amide bonds. The maximum atomic E-state index is 12.1. The van der Waals surface area contributed by atoms with Gasteiger partial charge in [-0.2, -0.15) is 0 Å². The Hall–Kier alpha value is -0.360. The zero-order valence-corrected chi connectivity index (χ0v) is 15.5. The van der Waals surface area contributed by atoms with Gasteiger partial charge in [-0.3, -0.25) is 4.79 Å². The number of hydrogen-bond acceptors (Lipinski definition) is 4. The molecule has 4 nitrogen and oxygen atoms in total. The van der Waals surface area contributed by atoms with Crippen molar-refractivity contribution in [3.05, 3.63) is 16.1 Å². The van der Waals surface area contributed by atoms with Gasteiger partial charge in [0.05, 0.1) is 17.1 Å². The molecular formula is C15H27Cl2N3OS. The maximum Gasteiger partial charge on any atom is 0.226 e. The lowest BCUT2D eigenvalue weighted by Crippen LogP contribution is -2.46. The summed E-state index contributed by atoms with van der Waals surface area (Å²) in [6.07, 6.45) is 7.55. The minimum atomic E-state index is 0. The zero-order chi connectivity index (χ0) is 14.4. The second-order valence-corrected chi connectivity index (χ2v) is 6.51. The van der Waals surface area contributed by atoms with E-state index in [0.29, 0.717) is 18.9 Å². The van der Waals surface area contributed by atoms with Crippen molar-refractivity contribution in [2.45, 2.75) is 57.9 Å². The number of carbonyl (C=O) groups excluding carboxylic acids is 1. The zero-order valence-electron chi connectivity index (χ0n) is 13.0. The molecular weight excluding hydrogens is 341 g/mol. The molecule has 1 aromatic rings. The van der Waals surface area contributed by atoms with Crippen LogP contribution in [-0.2, 0) is 17.6 Å². The molecule has 1 unspecified atom stereocenters. The number of nitrogens with two attached hydrogens (primary N) is 1. The fourth-order valence-corrected chi connectivity index (χ4v) is 3.67. The maximum absolute atomic E-state index is 12.1. The summed E-state index contributed by atoms with van der Waals surface area (Å²) in [6, 6.07) is 0.132. The van der Waals surface area contributed by atoms with E-state index >= 15 is 0 Å². The Labute approximate surface area is 149 Å². The normalized spacial score (nSPS) is 16.3. The van der Waals surface area contributed by atoms with Crippen molar-refractivity contribution in [2.75, 3.05) is 6.54 Å². The quantitative estimate of drug-likeness (QED) is 0.811. The van der Waals surface area contributed by atoms with Gasteiger partial charge in [0.1, 0.15) is 0 Å². The molecule has 1 aliphatic rings. The number of aromatic nitrogens is 1. The number of carbonyl (C=O) groups is 1. The molecule has 0 bridgehead atoms. The van der Waals surface area contributed by atoms with Gasteiger partial charge in [-0.25, -0.2) is 4.98 Å². The summed E-state index contributed by atoms with van der Waals surface area (Å²) in [5.41, 5.74) is 6.72. The van der Waals surface area contributed by atoms with Crippen molar-refractivity contribution in [2.24, 2.45) is 11.7 Å². The van der Waals surface area contributed by atoms with Crippen molar-refractivity contribution < 1.29 is 4.79 Å². The summed E-state index contributed by atoms with van der Waals surface area (Å²) in [6.45, 7) is 2.61. The molecule has 1 heterocycles. The highest BCUT2D eigenvalue weighted by molar-refractivity contribution is 7.09. The molecule has 0 radical (unpaired) electrons. The van der Waals surface area contributed by atoms with E-state index in [2.05, 4.69) is 17.2 Å². The van der Waals surface area contributed by atoms with Crippen LogP contribution < -0.4 is 11.1 Å². The average Bonchev–Trinajstić information content (AvgIpc) is 2.93. The van der Waals surface area contributed by atoms with Gasteiger partial charge in [0.25, 0.3) is 0 Å². The topological polar surface area (TPSA) is 68.0 Å². The Kier molecular flexibility index (Phi) is 11.0. The first-order valence-electron chi connectivity index (χ1n) is 7.65. The monoisotopic (exact) mass is 367 g/mol. The first kappa shape index (κ1) is 21.6. The lowest BCUT2D eigenvalue weighted by Gasteiger charge is -2.30. The highest BCUT2D eigenvalue weighted by atomic mass is 35.5. The van der Waals surface area contributed by atoms with E-state index in [1.807, 2.05) is 5.38 Å². The van der Waals surface area contributed by atoms with Crippen LogP contribution in [0.5, 0.6) is 0 Å². The van der Waals surface area contributed by atoms with Crippen LogP contribution in [0.3, 0.4) is 0 Å². The summed E-state index contributed by atoms with van der Waals surface area (Å²) >= 11 is 1.63. The van der Waals surface area contributed by atoms with Crippen molar-refractivity contribution in [3.63, 3.8) is 0 Å². The molecule has 0 spiro atoms. The Bertz CT molecular complexity index is 436. The largest absolute Gasteiger partial charge is 0.351 e. The molecule has 22 heavy (non-hydrogen) atoms. The molecule has 128 valence electrons. The van der Waals surface area contributed by atoms with Gasteiger partial charge in [-0.15, -0.1) is 36.2 Å². The fourth-order valence-electron chi connectivity index (χ4n) is 2.92. The second-order valence-electron chi connectivity index (χ2n) is 5.57. The Balaban J connectivity index is 0.00000220. The predicted molar refractivity (Wildman–Crippen MR) is 97.3 cm³/mol. The van der Waals surface area contributed by atoms with Gasteiger partial charge in [0.2, 0.25) is 5.91 Å². The Morgan fingerprint density at radius 1 is 1.41 bits per heavy atom. The minimum Gasteiger partial charge on any atom is -0.351 e. The van der Waals surface area contributed by atoms with Gasteiger partial charge in [0.15, 0.2) is 0 Å². The van der Waals surface area contributed by atoms with Gasteiger partial charge in [-0.05, 0) is 25.2 Å². The van der Waals surface area contributed by atoms with E-state index in [9.17, 15) is 4.79 Å². The Morgan fingerprint density at radius 3 is 2.64 bits per heavy atom. The summed E-state index contributed by atoms with van der Waals surface area (Å²) in [4.78, 5) is 16.6. The number of rotatable bonds is 6. The lowest BCUT2D eigenvalue weighted by molar-refractivity contribution is -0.121. The van der Waals surface area contributed by atoms with Gasteiger partial charge in [-0.1, -0.05) is 26.2 Å². The molecule has 1 aliphatic carbocycles. The first-order valence-corrected chi connectivity index (χ1v) is 8.53. The third-order valence-electron chi connectivity index (χ3n) is 4.06. The van der Waals surface area contributed by atoms with E-state index in [4.69, 9.17) is 5.73 Å². The van der Waals surface area contributed by atoms with Crippen LogP contribution in [0.1, 0.15) is 49.7 Å². The molecule has 1 fully saturated rings. The van der Waals surface area contributed by atoms with Crippen molar-refractivity contribution >= 4 is 42.1 Å². The van der Waals surface area contributed by atoms with Gasteiger partial charge < -0.3 is 11.1 Å². The molecule has 1 saturated carbocycles. The van der Waals surface area contributed by atoms with Crippen LogP contribution in [-0.4, -0.2) is 23.5 Å². The van der Waals surface area contributed by atoms with E-state index in [-0.39, 0.29) is 36.8 Å². The van der Waals surface area contributed by atoms with E-state index in [0.717, 1.165) is 17.1 Å². The van der Waals surface area contributed by atoms with Gasteiger partial charge in [0, 0.05) is 18.0 Å². The van der Waals surface area contributed by atoms with E-state index in [1.165, 1.54) is 32.1 Å². The molecule has 3 N–H and O–H groups in total. The highest BCUT2D eigenvalue weighted by Gasteiger charge is 2.24. The second kappa shape index (κ2) is 11.2. The van der Waals surface area contributed by atoms with E-state index < -0.39 is 0 Å². The SMILES string of the molecule is CCc1nc(CC(=O)NC(CN)C2CCCCC2)cs1.Cl.Cl. The van der Waals surface area contributed by atoms with E-state index in [1.54, 1.807) is 11.3 Å². The van der Waals surface area contributed by atoms with Crippen LogP contribution in [0.25, 0.3) is 0 Å². The summed E-state index contributed by atoms with van der Waals surface area (Å²) in [5, 5.41) is 6.19. The first-order chi connectivity index (χ1) is 9.72. The number of amides is 1.